The minimum Gasteiger partial charge on any atom is -0.545 e. The second-order valence-corrected chi connectivity index (χ2v) is 4.35. The molecule has 0 heterocycles. The fourth-order valence-corrected chi connectivity index (χ4v) is 1.68. The molecule has 4 nitrogen and oxygen atoms in total. The topological polar surface area (TPSA) is 80.3 Å². The van der Waals surface area contributed by atoms with Gasteiger partial charge in [0.2, 0.25) is 0 Å². The van der Waals surface area contributed by atoms with Crippen molar-refractivity contribution in [2.75, 3.05) is 0 Å². The van der Waals surface area contributed by atoms with Crippen molar-refractivity contribution < 1.29 is 47.5 Å². The number of hydrogen-bond donors (Lipinski definition) is 0. The number of rotatable bonds is 2. The number of aromatic carboxylic acids is 2. The van der Waals surface area contributed by atoms with Crippen LogP contribution in [0.5, 0.6) is 0 Å². The van der Waals surface area contributed by atoms with Gasteiger partial charge in [-0.25, -0.2) is 0 Å². The van der Waals surface area contributed by atoms with Crippen molar-refractivity contribution in [3.05, 3.63) is 69.7 Å². The van der Waals surface area contributed by atoms with Crippen LogP contribution in [0.4, 0.5) is 0 Å². The van der Waals surface area contributed by atoms with Gasteiger partial charge in [0, 0.05) is 21.2 Å². The van der Waals surface area contributed by atoms with Gasteiger partial charge in [0.1, 0.15) is 0 Å². The van der Waals surface area contributed by atoms with E-state index >= 15 is 0 Å². The summed E-state index contributed by atoms with van der Waals surface area (Å²) in [6.07, 6.45) is 0. The zero-order valence-corrected chi connectivity index (χ0v) is 17.7. The smallest absolute Gasteiger partial charge is 0.545 e. The molecule has 7 heteroatoms. The van der Waals surface area contributed by atoms with Crippen LogP contribution in [0.2, 0.25) is 10.0 Å². The van der Waals surface area contributed by atoms with Crippen LogP contribution in [-0.4, -0.2) is 11.9 Å². The van der Waals surface area contributed by atoms with Crippen LogP contribution in [-0.2, 0) is 27.7 Å². The molecule has 0 spiro atoms. The Morgan fingerprint density at radius 1 is 0.714 bits per heavy atom. The van der Waals surface area contributed by atoms with Crippen LogP contribution < -0.4 is 10.2 Å². The molecular formula is C14H8Cl2HgO4. The van der Waals surface area contributed by atoms with Gasteiger partial charge in [-0.15, -0.1) is 0 Å². The minimum atomic E-state index is -1.24. The zero-order chi connectivity index (χ0) is 15.1. The molecule has 0 aliphatic carbocycles. The first-order valence-corrected chi connectivity index (χ1v) is 6.11. The quantitative estimate of drug-likeness (QED) is 0.571. The first-order chi connectivity index (χ1) is 9.43. The number of carboxylic acids is 2. The third-order valence-corrected chi connectivity index (χ3v) is 2.85. The van der Waals surface area contributed by atoms with Crippen LogP contribution in [0.25, 0.3) is 0 Å². The van der Waals surface area contributed by atoms with Crippen molar-refractivity contribution in [2.24, 2.45) is 0 Å². The summed E-state index contributed by atoms with van der Waals surface area (Å²) >= 11 is 11.0. The van der Waals surface area contributed by atoms with Gasteiger partial charge in [0.15, 0.2) is 0 Å². The van der Waals surface area contributed by atoms with Crippen molar-refractivity contribution in [3.63, 3.8) is 0 Å². The summed E-state index contributed by atoms with van der Waals surface area (Å²) in [7, 11) is 0. The Hall–Kier alpha value is -1.10. The van der Waals surface area contributed by atoms with Gasteiger partial charge in [-0.2, -0.15) is 0 Å². The zero-order valence-electron chi connectivity index (χ0n) is 10.7. The predicted octanol–water partition coefficient (Wildman–Crippen LogP) is 1.40. The maximum absolute atomic E-state index is 10.2. The summed E-state index contributed by atoms with van der Waals surface area (Å²) in [5.74, 6) is -2.49. The number of hydrogen-bond acceptors (Lipinski definition) is 4. The Bertz CT molecular complexity index is 576. The third-order valence-electron chi connectivity index (χ3n) is 2.19. The number of benzene rings is 2. The van der Waals surface area contributed by atoms with E-state index in [0.29, 0.717) is 0 Å². The molecule has 0 aliphatic heterocycles. The Morgan fingerprint density at radius 2 is 1.00 bits per heavy atom. The van der Waals surface area contributed by atoms with E-state index in [-0.39, 0.29) is 48.8 Å². The second-order valence-electron chi connectivity index (χ2n) is 3.53. The van der Waals surface area contributed by atoms with Gasteiger partial charge in [0.25, 0.3) is 0 Å². The molecule has 0 aliphatic rings. The molecule has 2 aromatic carbocycles. The largest absolute Gasteiger partial charge is 2.00 e. The second kappa shape index (κ2) is 9.76. The van der Waals surface area contributed by atoms with Crippen LogP contribution in [0.3, 0.4) is 0 Å². The van der Waals surface area contributed by atoms with Crippen molar-refractivity contribution >= 4 is 35.1 Å². The fraction of sp³-hybridized carbons (Fsp3) is 0. The Labute approximate surface area is 151 Å². The summed E-state index contributed by atoms with van der Waals surface area (Å²) in [4.78, 5) is 20.5. The summed E-state index contributed by atoms with van der Waals surface area (Å²) in [5.41, 5.74) is 0.0633. The van der Waals surface area contributed by atoms with E-state index in [0.717, 1.165) is 0 Å². The maximum atomic E-state index is 10.2. The average Bonchev–Trinajstić information content (AvgIpc) is 2.40. The van der Waals surface area contributed by atoms with Crippen LogP contribution in [0, 0.1) is 0 Å². The fourth-order valence-electron chi connectivity index (χ4n) is 1.25. The Morgan fingerprint density at radius 3 is 1.19 bits per heavy atom. The van der Waals surface area contributed by atoms with Crippen molar-refractivity contribution in [2.45, 2.75) is 0 Å². The van der Waals surface area contributed by atoms with Gasteiger partial charge in [-0.05, 0) is 12.1 Å². The molecule has 0 bridgehead atoms. The monoisotopic (exact) mass is 512 g/mol. The molecule has 104 valence electrons. The summed E-state index contributed by atoms with van der Waals surface area (Å²) < 4.78 is 0. The molecule has 0 fully saturated rings. The Balaban J connectivity index is 0.000000364. The first kappa shape index (κ1) is 19.9. The SMILES string of the molecule is O=C([O-])c1ccccc1Cl.O=C([O-])c1ccccc1Cl.[Hg+2]. The molecule has 0 N–H and O–H groups in total. The molecule has 0 amide bonds. The standard InChI is InChI=1S/2C7H5ClO2.Hg/c2*8-6-4-2-1-3-5(6)7(9)10;/h2*1-4H,(H,9,10);/q;;+2/p-2. The van der Waals surface area contributed by atoms with Crippen molar-refractivity contribution in [3.8, 4) is 0 Å². The minimum absolute atomic E-state index is 0. The number of carbonyl (C=O) groups is 2. The third kappa shape index (κ3) is 6.46. The van der Waals surface area contributed by atoms with Crippen LogP contribution in [0.1, 0.15) is 20.7 Å². The van der Waals surface area contributed by atoms with Gasteiger partial charge < -0.3 is 19.8 Å². The summed E-state index contributed by atoms with van der Waals surface area (Å²) in [5, 5.41) is 20.9. The van der Waals surface area contributed by atoms with Gasteiger partial charge in [0.05, 0.1) is 11.9 Å². The molecule has 0 aromatic heterocycles. The van der Waals surface area contributed by atoms with Crippen LogP contribution in [0.15, 0.2) is 48.5 Å². The molecule has 0 unspecified atom stereocenters. The Kier molecular flexibility index (Phi) is 9.25. The molecular weight excluding hydrogens is 504 g/mol. The maximum Gasteiger partial charge on any atom is 2.00 e. The summed E-state index contributed by atoms with van der Waals surface area (Å²) in [6.45, 7) is 0. The van der Waals surface area contributed by atoms with Gasteiger partial charge in [-0.1, -0.05) is 59.6 Å². The molecule has 0 atom stereocenters. The number of halogens is 2. The molecule has 0 saturated carbocycles. The molecule has 0 radical (unpaired) electrons. The van der Waals surface area contributed by atoms with E-state index in [1.165, 1.54) is 24.3 Å². The van der Waals surface area contributed by atoms with E-state index < -0.39 is 11.9 Å². The van der Waals surface area contributed by atoms with Crippen molar-refractivity contribution in [1.29, 1.82) is 0 Å². The molecule has 2 aromatic rings. The van der Waals surface area contributed by atoms with E-state index in [1.807, 2.05) is 0 Å². The van der Waals surface area contributed by atoms with Crippen LogP contribution >= 0.6 is 23.2 Å². The van der Waals surface area contributed by atoms with Gasteiger partial charge in [-0.3, -0.25) is 0 Å². The number of carboxylic acid groups (broad SMARTS) is 2. The average molecular weight is 512 g/mol. The van der Waals surface area contributed by atoms with E-state index in [2.05, 4.69) is 0 Å². The first-order valence-electron chi connectivity index (χ1n) is 5.35. The van der Waals surface area contributed by atoms with Crippen molar-refractivity contribution in [1.82, 2.24) is 0 Å². The summed E-state index contributed by atoms with van der Waals surface area (Å²) in [6, 6.07) is 12.3. The van der Waals surface area contributed by atoms with E-state index in [9.17, 15) is 19.8 Å². The number of carbonyl (C=O) groups excluding carboxylic acids is 2. The van der Waals surface area contributed by atoms with Gasteiger partial charge >= 0.3 is 27.7 Å². The van der Waals surface area contributed by atoms with E-state index in [4.69, 9.17) is 23.2 Å². The normalized spacial score (nSPS) is 8.86. The van der Waals surface area contributed by atoms with E-state index in [1.54, 1.807) is 24.3 Å². The molecule has 2 rings (SSSR count). The predicted molar refractivity (Wildman–Crippen MR) is 71.6 cm³/mol. The molecule has 21 heavy (non-hydrogen) atoms. The molecule has 0 saturated heterocycles.